The molecule has 1 aliphatic heterocycles. The highest BCUT2D eigenvalue weighted by atomic mass is 32.1. The molecule has 3 aromatic carbocycles. The van der Waals surface area contributed by atoms with E-state index in [0.717, 1.165) is 5.56 Å². The highest BCUT2D eigenvalue weighted by molar-refractivity contribution is 7.80. The van der Waals surface area contributed by atoms with E-state index in [1.54, 1.807) is 31.4 Å². The van der Waals surface area contributed by atoms with Gasteiger partial charge < -0.3 is 15.0 Å². The van der Waals surface area contributed by atoms with Gasteiger partial charge in [-0.05, 0) is 54.2 Å². The van der Waals surface area contributed by atoms with E-state index in [0.29, 0.717) is 28.8 Å². The number of benzene rings is 3. The minimum Gasteiger partial charge on any atom is -0.497 e. The van der Waals surface area contributed by atoms with Crippen LogP contribution in [0.4, 0.5) is 11.4 Å². The molecular weight excluding hydrogens is 422 g/mol. The number of amides is 2. The van der Waals surface area contributed by atoms with Crippen LogP contribution in [-0.2, 0) is 16.1 Å². The number of nitrogens with one attached hydrogen (secondary N) is 1. The molecule has 32 heavy (non-hydrogen) atoms. The summed E-state index contributed by atoms with van der Waals surface area (Å²) in [6.07, 6.45) is -0.00659. The smallest absolute Gasteiger partial charge is 0.256 e. The van der Waals surface area contributed by atoms with Gasteiger partial charge in [0.1, 0.15) is 11.8 Å². The molecule has 1 unspecified atom stereocenters. The molecule has 1 heterocycles. The molecule has 1 aliphatic rings. The highest BCUT2D eigenvalue weighted by Crippen LogP contribution is 2.30. The Bertz CT molecular complexity index is 1100. The summed E-state index contributed by atoms with van der Waals surface area (Å²) in [4.78, 5) is 29.5. The van der Waals surface area contributed by atoms with Crippen LogP contribution in [0.2, 0.25) is 0 Å². The third-order valence-electron chi connectivity index (χ3n) is 5.28. The fourth-order valence-electron chi connectivity index (χ4n) is 3.67. The SMILES string of the molecule is COc1ccc(N2C(=O)C(CC(=O)Nc3ccccc3)N(Cc3ccccc3)C2=S)cc1. The van der Waals surface area contributed by atoms with Crippen LogP contribution in [0.15, 0.2) is 84.9 Å². The van der Waals surface area contributed by atoms with Crippen molar-refractivity contribution in [3.63, 3.8) is 0 Å². The van der Waals surface area contributed by atoms with Crippen LogP contribution in [0, 0.1) is 0 Å². The van der Waals surface area contributed by atoms with Crippen LogP contribution in [0.5, 0.6) is 5.75 Å². The quantitative estimate of drug-likeness (QED) is 0.552. The number of methoxy groups -OCH3 is 1. The van der Waals surface area contributed by atoms with E-state index in [1.165, 1.54) is 4.90 Å². The number of carbonyl (C=O) groups excluding carboxylic acids is 2. The Labute approximate surface area is 192 Å². The largest absolute Gasteiger partial charge is 0.497 e. The van der Waals surface area contributed by atoms with Crippen molar-refractivity contribution in [1.29, 1.82) is 0 Å². The molecule has 4 rings (SSSR count). The second-order valence-corrected chi connectivity index (χ2v) is 7.77. The van der Waals surface area contributed by atoms with E-state index < -0.39 is 6.04 Å². The maximum atomic E-state index is 13.4. The lowest BCUT2D eigenvalue weighted by atomic mass is 10.1. The van der Waals surface area contributed by atoms with Gasteiger partial charge in [-0.15, -0.1) is 0 Å². The number of hydrogen-bond donors (Lipinski definition) is 1. The predicted octanol–water partition coefficient (Wildman–Crippen LogP) is 4.23. The van der Waals surface area contributed by atoms with Gasteiger partial charge in [-0.3, -0.25) is 14.5 Å². The van der Waals surface area contributed by atoms with E-state index in [2.05, 4.69) is 5.32 Å². The summed E-state index contributed by atoms with van der Waals surface area (Å²) in [6, 6.07) is 25.4. The molecule has 0 saturated carbocycles. The van der Waals surface area contributed by atoms with Gasteiger partial charge >= 0.3 is 0 Å². The summed E-state index contributed by atoms with van der Waals surface area (Å²) < 4.78 is 5.22. The first-order chi connectivity index (χ1) is 15.6. The Balaban J connectivity index is 1.60. The van der Waals surface area contributed by atoms with E-state index in [-0.39, 0.29) is 18.2 Å². The Morgan fingerprint density at radius 2 is 1.59 bits per heavy atom. The summed E-state index contributed by atoms with van der Waals surface area (Å²) in [6.45, 7) is 0.432. The topological polar surface area (TPSA) is 61.9 Å². The first-order valence-corrected chi connectivity index (χ1v) is 10.6. The van der Waals surface area contributed by atoms with E-state index in [4.69, 9.17) is 17.0 Å². The molecular formula is C25H23N3O3S. The molecule has 3 aromatic rings. The van der Waals surface area contributed by atoms with Crippen molar-refractivity contribution in [3.05, 3.63) is 90.5 Å². The number of anilines is 2. The molecule has 162 valence electrons. The zero-order valence-electron chi connectivity index (χ0n) is 17.6. The Kier molecular flexibility index (Phi) is 6.47. The molecule has 0 aromatic heterocycles. The van der Waals surface area contributed by atoms with E-state index in [1.807, 2.05) is 65.6 Å². The van der Waals surface area contributed by atoms with Gasteiger partial charge in [-0.25, -0.2) is 0 Å². The van der Waals surface area contributed by atoms with Crippen LogP contribution in [0.25, 0.3) is 0 Å². The van der Waals surface area contributed by atoms with Crippen LogP contribution in [0.3, 0.4) is 0 Å². The molecule has 1 saturated heterocycles. The zero-order chi connectivity index (χ0) is 22.5. The van der Waals surface area contributed by atoms with Crippen molar-refractivity contribution in [2.45, 2.75) is 19.0 Å². The molecule has 0 aliphatic carbocycles. The summed E-state index contributed by atoms with van der Waals surface area (Å²) >= 11 is 5.71. The van der Waals surface area contributed by atoms with Gasteiger partial charge in [0, 0.05) is 12.2 Å². The average Bonchev–Trinajstić information content (AvgIpc) is 3.04. The molecule has 0 spiro atoms. The van der Waals surface area contributed by atoms with Gasteiger partial charge in [0.15, 0.2) is 5.11 Å². The maximum Gasteiger partial charge on any atom is 0.256 e. The molecule has 1 fully saturated rings. The number of nitrogens with zero attached hydrogens (tertiary/aromatic N) is 2. The second kappa shape index (κ2) is 9.62. The number of carbonyl (C=O) groups is 2. The fourth-order valence-corrected chi connectivity index (χ4v) is 4.06. The first-order valence-electron chi connectivity index (χ1n) is 10.2. The second-order valence-electron chi connectivity index (χ2n) is 7.40. The van der Waals surface area contributed by atoms with Crippen LogP contribution in [-0.4, -0.2) is 35.0 Å². The number of hydrogen-bond acceptors (Lipinski definition) is 4. The molecule has 1 atom stereocenters. The van der Waals surface area contributed by atoms with Crippen LogP contribution in [0.1, 0.15) is 12.0 Å². The van der Waals surface area contributed by atoms with Crippen molar-refractivity contribution < 1.29 is 14.3 Å². The molecule has 0 radical (unpaired) electrons. The Hall–Kier alpha value is -3.71. The number of para-hydroxylation sites is 1. The monoisotopic (exact) mass is 445 g/mol. The van der Waals surface area contributed by atoms with Gasteiger partial charge in [0.05, 0.1) is 19.2 Å². The Morgan fingerprint density at radius 1 is 0.969 bits per heavy atom. The molecule has 0 bridgehead atoms. The predicted molar refractivity (Wildman–Crippen MR) is 129 cm³/mol. The van der Waals surface area contributed by atoms with E-state index in [9.17, 15) is 9.59 Å². The first kappa shape index (κ1) is 21.5. The standard InChI is InChI=1S/C25H23N3O3S/c1-31-21-14-12-20(13-15-21)28-24(30)22(16-23(29)26-19-10-6-3-7-11-19)27(25(28)32)17-18-8-4-2-5-9-18/h2-15,22H,16-17H2,1H3,(H,26,29). The zero-order valence-corrected chi connectivity index (χ0v) is 18.4. The average molecular weight is 446 g/mol. The van der Waals surface area contributed by atoms with Gasteiger partial charge in [-0.2, -0.15) is 0 Å². The van der Waals surface area contributed by atoms with Gasteiger partial charge in [0.25, 0.3) is 5.91 Å². The van der Waals surface area contributed by atoms with Crippen molar-refractivity contribution in [1.82, 2.24) is 4.90 Å². The van der Waals surface area contributed by atoms with Crippen molar-refractivity contribution in [3.8, 4) is 5.75 Å². The number of ether oxygens (including phenoxy) is 1. The molecule has 2 amide bonds. The summed E-state index contributed by atoms with van der Waals surface area (Å²) in [5.74, 6) is 0.220. The number of thiocarbonyl (C=S) groups is 1. The van der Waals surface area contributed by atoms with Crippen LogP contribution < -0.4 is 15.0 Å². The minimum atomic E-state index is -0.700. The third kappa shape index (κ3) is 4.63. The summed E-state index contributed by atoms with van der Waals surface area (Å²) in [5.41, 5.74) is 2.34. The lowest BCUT2D eigenvalue weighted by Gasteiger charge is -2.24. The van der Waals surface area contributed by atoms with Crippen LogP contribution >= 0.6 is 12.2 Å². The summed E-state index contributed by atoms with van der Waals surface area (Å²) in [5, 5.41) is 3.24. The summed E-state index contributed by atoms with van der Waals surface area (Å²) in [7, 11) is 1.59. The normalized spacial score (nSPS) is 15.7. The fraction of sp³-hybridized carbons (Fsp3) is 0.160. The number of rotatable bonds is 7. The third-order valence-corrected chi connectivity index (χ3v) is 5.70. The van der Waals surface area contributed by atoms with Gasteiger partial charge in [-0.1, -0.05) is 48.5 Å². The maximum absolute atomic E-state index is 13.4. The van der Waals surface area contributed by atoms with E-state index >= 15 is 0 Å². The molecule has 6 nitrogen and oxygen atoms in total. The van der Waals surface area contributed by atoms with Gasteiger partial charge in [0.2, 0.25) is 5.91 Å². The lowest BCUT2D eigenvalue weighted by Crippen LogP contribution is -2.37. The van der Waals surface area contributed by atoms with Crippen molar-refractivity contribution >= 4 is 40.5 Å². The van der Waals surface area contributed by atoms with Crippen molar-refractivity contribution in [2.75, 3.05) is 17.3 Å². The highest BCUT2D eigenvalue weighted by Gasteiger charge is 2.44. The molecule has 7 heteroatoms. The Morgan fingerprint density at radius 3 is 2.22 bits per heavy atom. The molecule has 1 N–H and O–H groups in total. The minimum absolute atomic E-state index is 0.00659. The van der Waals surface area contributed by atoms with Crippen molar-refractivity contribution in [2.24, 2.45) is 0 Å². The lowest BCUT2D eigenvalue weighted by molar-refractivity contribution is -0.124.